The minimum Gasteiger partial charge on any atom is -0.457 e. The summed E-state index contributed by atoms with van der Waals surface area (Å²) in [6.45, 7) is 1.09. The minimum absolute atomic E-state index is 0.343. The molecule has 1 aromatic rings. The lowest BCUT2D eigenvalue weighted by molar-refractivity contribution is -0.172. The van der Waals surface area contributed by atoms with Gasteiger partial charge in [0.25, 0.3) is 0 Å². The molecule has 1 aromatic carbocycles. The highest BCUT2D eigenvalue weighted by atomic mass is 19.4. The fourth-order valence-electron chi connectivity index (χ4n) is 1.31. The Kier molecular flexibility index (Phi) is 3.93. The first-order valence-electron chi connectivity index (χ1n) is 4.67. The zero-order chi connectivity index (χ0) is 12.2. The van der Waals surface area contributed by atoms with Crippen molar-refractivity contribution >= 4 is 5.97 Å². The number of carbonyl (C=O) groups excluding carboxylic acids is 1. The van der Waals surface area contributed by atoms with E-state index in [9.17, 15) is 18.0 Å². The van der Waals surface area contributed by atoms with Crippen molar-refractivity contribution in [2.45, 2.75) is 25.6 Å². The Bertz CT molecular complexity index is 346. The van der Waals surface area contributed by atoms with Gasteiger partial charge in [-0.2, -0.15) is 13.2 Å². The second kappa shape index (κ2) is 5.01. The molecule has 0 bridgehead atoms. The first kappa shape index (κ1) is 12.5. The molecule has 0 aliphatic carbocycles. The Morgan fingerprint density at radius 3 is 2.31 bits per heavy atom. The van der Waals surface area contributed by atoms with E-state index in [4.69, 9.17) is 0 Å². The Hall–Kier alpha value is -1.52. The van der Waals surface area contributed by atoms with E-state index in [0.29, 0.717) is 5.56 Å². The van der Waals surface area contributed by atoms with Crippen molar-refractivity contribution in [3.8, 4) is 0 Å². The quantitative estimate of drug-likeness (QED) is 0.748. The lowest BCUT2D eigenvalue weighted by atomic mass is 10.1. The predicted octanol–water partition coefficient (Wildman–Crippen LogP) is 3.24. The number of alkyl halides is 3. The highest BCUT2D eigenvalue weighted by molar-refractivity contribution is 5.66. The van der Waals surface area contributed by atoms with Crippen molar-refractivity contribution in [1.29, 1.82) is 0 Å². The van der Waals surface area contributed by atoms with Crippen LogP contribution in [0, 0.1) is 0 Å². The Morgan fingerprint density at radius 2 is 1.88 bits per heavy atom. The molecule has 0 spiro atoms. The highest BCUT2D eigenvalue weighted by Gasteiger charge is 2.34. The van der Waals surface area contributed by atoms with Crippen LogP contribution in [-0.2, 0) is 9.53 Å². The molecule has 0 aliphatic rings. The second-order valence-electron chi connectivity index (χ2n) is 3.33. The monoisotopic (exact) mass is 232 g/mol. The van der Waals surface area contributed by atoms with Gasteiger partial charge in [0.15, 0.2) is 0 Å². The topological polar surface area (TPSA) is 26.3 Å². The van der Waals surface area contributed by atoms with E-state index in [0.717, 1.165) is 6.92 Å². The highest BCUT2D eigenvalue weighted by Crippen LogP contribution is 2.31. The van der Waals surface area contributed by atoms with Gasteiger partial charge in [-0.1, -0.05) is 30.3 Å². The van der Waals surface area contributed by atoms with E-state index in [2.05, 4.69) is 4.74 Å². The number of benzene rings is 1. The first-order chi connectivity index (χ1) is 7.38. The summed E-state index contributed by atoms with van der Waals surface area (Å²) in [7, 11) is 0. The molecule has 2 nitrogen and oxygen atoms in total. The molecule has 0 saturated carbocycles. The van der Waals surface area contributed by atoms with Crippen molar-refractivity contribution in [2.75, 3.05) is 0 Å². The molecule has 0 aliphatic heterocycles. The number of hydrogen-bond donors (Lipinski definition) is 0. The third-order valence-corrected chi connectivity index (χ3v) is 1.90. The third kappa shape index (κ3) is 4.33. The molecule has 88 valence electrons. The molecule has 0 N–H and O–H groups in total. The Morgan fingerprint density at radius 1 is 1.31 bits per heavy atom. The SMILES string of the molecule is CC(=O)OC(CC(F)(F)F)c1ccccc1. The molecule has 5 heteroatoms. The van der Waals surface area contributed by atoms with Crippen molar-refractivity contribution in [2.24, 2.45) is 0 Å². The number of ether oxygens (including phenoxy) is 1. The zero-order valence-corrected chi connectivity index (χ0v) is 8.62. The van der Waals surface area contributed by atoms with E-state index in [1.807, 2.05) is 0 Å². The maximum absolute atomic E-state index is 12.3. The molecule has 0 saturated heterocycles. The van der Waals surface area contributed by atoms with Gasteiger partial charge in [0.2, 0.25) is 0 Å². The molecule has 0 amide bonds. The largest absolute Gasteiger partial charge is 0.457 e. The van der Waals surface area contributed by atoms with Crippen molar-refractivity contribution in [3.05, 3.63) is 35.9 Å². The van der Waals surface area contributed by atoms with E-state index >= 15 is 0 Å². The number of esters is 1. The van der Waals surface area contributed by atoms with Gasteiger partial charge in [0, 0.05) is 6.92 Å². The maximum Gasteiger partial charge on any atom is 0.392 e. The van der Waals surface area contributed by atoms with Crippen molar-refractivity contribution < 1.29 is 22.7 Å². The van der Waals surface area contributed by atoms with Gasteiger partial charge < -0.3 is 4.74 Å². The van der Waals surface area contributed by atoms with Crippen LogP contribution in [0.3, 0.4) is 0 Å². The summed E-state index contributed by atoms with van der Waals surface area (Å²) in [5.41, 5.74) is 0.343. The van der Waals surface area contributed by atoms with E-state index in [-0.39, 0.29) is 0 Å². The molecule has 16 heavy (non-hydrogen) atoms. The van der Waals surface area contributed by atoms with Crippen LogP contribution in [0.4, 0.5) is 13.2 Å². The van der Waals surface area contributed by atoms with Gasteiger partial charge in [-0.25, -0.2) is 0 Å². The lowest BCUT2D eigenvalue weighted by Gasteiger charge is -2.18. The molecule has 1 rings (SSSR count). The van der Waals surface area contributed by atoms with Crippen LogP contribution in [0.25, 0.3) is 0 Å². The number of carbonyl (C=O) groups is 1. The van der Waals surface area contributed by atoms with E-state index in [1.54, 1.807) is 18.2 Å². The zero-order valence-electron chi connectivity index (χ0n) is 8.62. The van der Waals surface area contributed by atoms with Crippen LogP contribution in [0.2, 0.25) is 0 Å². The van der Waals surface area contributed by atoms with Gasteiger partial charge in [-0.15, -0.1) is 0 Å². The Balaban J connectivity index is 2.84. The summed E-state index contributed by atoms with van der Waals surface area (Å²) >= 11 is 0. The van der Waals surface area contributed by atoms with Crippen LogP contribution >= 0.6 is 0 Å². The second-order valence-corrected chi connectivity index (χ2v) is 3.33. The summed E-state index contributed by atoms with van der Waals surface area (Å²) in [4.78, 5) is 10.7. The van der Waals surface area contributed by atoms with E-state index in [1.165, 1.54) is 12.1 Å². The smallest absolute Gasteiger partial charge is 0.392 e. The summed E-state index contributed by atoms with van der Waals surface area (Å²) in [5.74, 6) is -0.724. The fourth-order valence-corrected chi connectivity index (χ4v) is 1.31. The molecule has 0 heterocycles. The average Bonchev–Trinajstić information content (AvgIpc) is 2.15. The van der Waals surface area contributed by atoms with Gasteiger partial charge >= 0.3 is 12.1 Å². The first-order valence-corrected chi connectivity index (χ1v) is 4.67. The number of halogens is 3. The van der Waals surface area contributed by atoms with Gasteiger partial charge in [-0.05, 0) is 5.56 Å². The summed E-state index contributed by atoms with van der Waals surface area (Å²) in [5, 5.41) is 0. The maximum atomic E-state index is 12.3. The molecule has 0 radical (unpaired) electrons. The fraction of sp³-hybridized carbons (Fsp3) is 0.364. The minimum atomic E-state index is -4.37. The Labute approximate surface area is 91.0 Å². The molecule has 1 atom stereocenters. The lowest BCUT2D eigenvalue weighted by Crippen LogP contribution is -2.18. The molecular formula is C11H11F3O2. The summed E-state index contributed by atoms with van der Waals surface area (Å²) in [6.07, 6.45) is -6.80. The molecular weight excluding hydrogens is 221 g/mol. The van der Waals surface area contributed by atoms with Crippen LogP contribution in [-0.4, -0.2) is 12.1 Å². The van der Waals surface area contributed by atoms with Crippen molar-refractivity contribution in [3.63, 3.8) is 0 Å². The standard InChI is InChI=1S/C11H11F3O2/c1-8(15)16-10(7-11(12,13)14)9-5-3-2-4-6-9/h2-6,10H,7H2,1H3. The molecule has 0 fully saturated rings. The van der Waals surface area contributed by atoms with Crippen LogP contribution < -0.4 is 0 Å². The van der Waals surface area contributed by atoms with Gasteiger partial charge in [0.1, 0.15) is 6.10 Å². The summed E-state index contributed by atoms with van der Waals surface area (Å²) in [6, 6.07) is 7.88. The normalized spacial score (nSPS) is 13.2. The van der Waals surface area contributed by atoms with E-state index < -0.39 is 24.7 Å². The predicted molar refractivity (Wildman–Crippen MR) is 51.6 cm³/mol. The molecule has 1 unspecified atom stereocenters. The van der Waals surface area contributed by atoms with Crippen LogP contribution in [0.1, 0.15) is 25.0 Å². The average molecular weight is 232 g/mol. The van der Waals surface area contributed by atoms with Crippen molar-refractivity contribution in [1.82, 2.24) is 0 Å². The number of hydrogen-bond acceptors (Lipinski definition) is 2. The van der Waals surface area contributed by atoms with Gasteiger partial charge in [0.05, 0.1) is 6.42 Å². The summed E-state index contributed by atoms with van der Waals surface area (Å²) < 4.78 is 41.4. The molecule has 0 aromatic heterocycles. The number of rotatable bonds is 3. The van der Waals surface area contributed by atoms with Crippen LogP contribution in [0.15, 0.2) is 30.3 Å². The van der Waals surface area contributed by atoms with Gasteiger partial charge in [-0.3, -0.25) is 4.79 Å². The third-order valence-electron chi connectivity index (χ3n) is 1.90. The van der Waals surface area contributed by atoms with Crippen LogP contribution in [0.5, 0.6) is 0 Å².